The molecule has 0 bridgehead atoms. The van der Waals surface area contributed by atoms with Gasteiger partial charge in [0.2, 0.25) is 0 Å². The molecule has 0 radical (unpaired) electrons. The Balaban J connectivity index is 2.00. The average molecular weight is 363 g/mol. The number of ketones is 1. The molecule has 0 heterocycles. The van der Waals surface area contributed by atoms with Gasteiger partial charge >= 0.3 is 5.97 Å². The summed E-state index contributed by atoms with van der Waals surface area (Å²) >= 11 is 3.32. The van der Waals surface area contributed by atoms with Gasteiger partial charge in [0.25, 0.3) is 0 Å². The minimum Gasteiger partial charge on any atom is -0.496 e. The van der Waals surface area contributed by atoms with Gasteiger partial charge in [-0.05, 0) is 53.2 Å². The Morgan fingerprint density at radius 1 is 1.09 bits per heavy atom. The summed E-state index contributed by atoms with van der Waals surface area (Å²) in [5.41, 5.74) is 1.84. The Morgan fingerprint density at radius 3 is 2.50 bits per heavy atom. The first kappa shape index (κ1) is 16.2. The van der Waals surface area contributed by atoms with Crippen LogP contribution in [0.3, 0.4) is 0 Å². The SMILES string of the molecule is COc1ccc(C(=O)COC(=O)c2cccc(C)c2)cc1Br. The third-order valence-corrected chi connectivity index (χ3v) is 3.68. The maximum absolute atomic E-state index is 12.1. The van der Waals surface area contributed by atoms with Gasteiger partial charge in [0.1, 0.15) is 5.75 Å². The summed E-state index contributed by atoms with van der Waals surface area (Å²) in [6.45, 7) is 1.59. The van der Waals surface area contributed by atoms with Gasteiger partial charge in [-0.25, -0.2) is 4.79 Å². The largest absolute Gasteiger partial charge is 0.496 e. The van der Waals surface area contributed by atoms with Crippen molar-refractivity contribution < 1.29 is 19.1 Å². The normalized spacial score (nSPS) is 10.1. The molecule has 0 fully saturated rings. The van der Waals surface area contributed by atoms with Crippen molar-refractivity contribution in [3.8, 4) is 5.75 Å². The third kappa shape index (κ3) is 3.95. The number of hydrogen-bond donors (Lipinski definition) is 0. The first-order chi connectivity index (χ1) is 10.5. The van der Waals surface area contributed by atoms with Gasteiger partial charge in [0, 0.05) is 5.56 Å². The molecule has 0 unspecified atom stereocenters. The fraction of sp³-hybridized carbons (Fsp3) is 0.176. The lowest BCUT2D eigenvalue weighted by Gasteiger charge is -2.07. The summed E-state index contributed by atoms with van der Waals surface area (Å²) in [5.74, 6) is -0.151. The highest BCUT2D eigenvalue weighted by atomic mass is 79.9. The maximum atomic E-state index is 12.1. The molecule has 0 aliphatic heterocycles. The number of hydrogen-bond acceptors (Lipinski definition) is 4. The molecule has 0 N–H and O–H groups in total. The first-order valence-corrected chi connectivity index (χ1v) is 7.41. The van der Waals surface area contributed by atoms with Crippen LogP contribution in [-0.4, -0.2) is 25.5 Å². The van der Waals surface area contributed by atoms with E-state index in [0.717, 1.165) is 5.56 Å². The van der Waals surface area contributed by atoms with Crippen LogP contribution in [0.2, 0.25) is 0 Å². The van der Waals surface area contributed by atoms with Crippen LogP contribution >= 0.6 is 15.9 Å². The minimum atomic E-state index is -0.510. The van der Waals surface area contributed by atoms with Gasteiger partial charge in [-0.15, -0.1) is 0 Å². The predicted molar refractivity (Wildman–Crippen MR) is 86.5 cm³/mol. The van der Waals surface area contributed by atoms with Gasteiger partial charge in [0.15, 0.2) is 12.4 Å². The van der Waals surface area contributed by atoms with Crippen LogP contribution in [0.4, 0.5) is 0 Å². The summed E-state index contributed by atoms with van der Waals surface area (Å²) in [6.07, 6.45) is 0. The van der Waals surface area contributed by atoms with Crippen LogP contribution in [-0.2, 0) is 4.74 Å². The third-order valence-electron chi connectivity index (χ3n) is 3.06. The molecular weight excluding hydrogens is 348 g/mol. The quantitative estimate of drug-likeness (QED) is 0.599. The lowest BCUT2D eigenvalue weighted by atomic mass is 10.1. The number of ether oxygens (including phenoxy) is 2. The minimum absolute atomic E-state index is 0.274. The van der Waals surface area contributed by atoms with Gasteiger partial charge in [0.05, 0.1) is 17.1 Å². The van der Waals surface area contributed by atoms with Gasteiger partial charge < -0.3 is 9.47 Å². The summed E-state index contributed by atoms with van der Waals surface area (Å²) in [5, 5.41) is 0. The van der Waals surface area contributed by atoms with Crippen molar-refractivity contribution in [2.45, 2.75) is 6.92 Å². The zero-order valence-corrected chi connectivity index (χ0v) is 13.8. The standard InChI is InChI=1S/C17H15BrO4/c1-11-4-3-5-13(8-11)17(20)22-10-15(19)12-6-7-16(21-2)14(18)9-12/h3-9H,10H2,1-2H3. The van der Waals surface area contributed by atoms with Crippen LogP contribution in [0, 0.1) is 6.92 Å². The van der Waals surface area contributed by atoms with Crippen molar-refractivity contribution in [1.82, 2.24) is 0 Å². The molecular formula is C17H15BrO4. The van der Waals surface area contributed by atoms with Gasteiger partial charge in [-0.2, -0.15) is 0 Å². The van der Waals surface area contributed by atoms with E-state index in [9.17, 15) is 9.59 Å². The van der Waals surface area contributed by atoms with Crippen molar-refractivity contribution in [2.75, 3.05) is 13.7 Å². The van der Waals surface area contributed by atoms with Crippen molar-refractivity contribution in [2.24, 2.45) is 0 Å². The predicted octanol–water partition coefficient (Wildman–Crippen LogP) is 3.81. The van der Waals surface area contributed by atoms with E-state index < -0.39 is 5.97 Å². The molecule has 22 heavy (non-hydrogen) atoms. The Bertz CT molecular complexity index is 710. The van der Waals surface area contributed by atoms with Crippen LogP contribution in [0.15, 0.2) is 46.9 Å². The number of carbonyl (C=O) groups excluding carboxylic acids is 2. The van der Waals surface area contributed by atoms with Crippen LogP contribution in [0.25, 0.3) is 0 Å². The fourth-order valence-corrected chi connectivity index (χ4v) is 2.45. The first-order valence-electron chi connectivity index (χ1n) is 6.62. The summed E-state index contributed by atoms with van der Waals surface area (Å²) in [6, 6.07) is 12.0. The van der Waals surface area contributed by atoms with E-state index >= 15 is 0 Å². The molecule has 5 heteroatoms. The second-order valence-corrected chi connectivity index (χ2v) is 5.57. The smallest absolute Gasteiger partial charge is 0.338 e. The number of rotatable bonds is 5. The number of aryl methyl sites for hydroxylation is 1. The average Bonchev–Trinajstić information content (AvgIpc) is 2.52. The van der Waals surface area contributed by atoms with Crippen LogP contribution < -0.4 is 4.74 Å². The van der Waals surface area contributed by atoms with E-state index in [1.165, 1.54) is 0 Å². The highest BCUT2D eigenvalue weighted by molar-refractivity contribution is 9.10. The summed E-state index contributed by atoms with van der Waals surface area (Å²) in [7, 11) is 1.55. The molecule has 114 valence electrons. The second kappa shape index (κ2) is 7.22. The van der Waals surface area contributed by atoms with Crippen LogP contribution in [0.1, 0.15) is 26.3 Å². The lowest BCUT2D eigenvalue weighted by molar-refractivity contribution is 0.0474. The van der Waals surface area contributed by atoms with E-state index in [4.69, 9.17) is 9.47 Å². The molecule has 2 aromatic carbocycles. The number of esters is 1. The zero-order valence-electron chi connectivity index (χ0n) is 12.3. The molecule has 4 nitrogen and oxygen atoms in total. The molecule has 2 rings (SSSR count). The van der Waals surface area contributed by atoms with E-state index in [-0.39, 0.29) is 12.4 Å². The lowest BCUT2D eigenvalue weighted by Crippen LogP contribution is -2.14. The number of Topliss-reactive ketones (excluding diaryl/α,β-unsaturated/α-hetero) is 1. The van der Waals surface area contributed by atoms with Gasteiger partial charge in [-0.3, -0.25) is 4.79 Å². The highest BCUT2D eigenvalue weighted by Crippen LogP contribution is 2.25. The monoisotopic (exact) mass is 362 g/mol. The molecule has 0 atom stereocenters. The molecule has 0 spiro atoms. The fourth-order valence-electron chi connectivity index (χ4n) is 1.91. The number of benzene rings is 2. The van der Waals surface area contributed by atoms with E-state index in [2.05, 4.69) is 15.9 Å². The van der Waals surface area contributed by atoms with Gasteiger partial charge in [-0.1, -0.05) is 17.7 Å². The molecule has 0 saturated carbocycles. The van der Waals surface area contributed by atoms with E-state index in [0.29, 0.717) is 21.3 Å². The van der Waals surface area contributed by atoms with Crippen molar-refractivity contribution in [3.63, 3.8) is 0 Å². The summed E-state index contributed by atoms with van der Waals surface area (Å²) in [4.78, 5) is 24.0. The Morgan fingerprint density at radius 2 is 1.86 bits per heavy atom. The number of halogens is 1. The molecule has 2 aromatic rings. The topological polar surface area (TPSA) is 52.6 Å². The molecule has 0 aliphatic rings. The van der Waals surface area contributed by atoms with E-state index in [1.807, 2.05) is 13.0 Å². The second-order valence-electron chi connectivity index (χ2n) is 4.72. The molecule has 0 saturated heterocycles. The van der Waals surface area contributed by atoms with Crippen molar-refractivity contribution in [1.29, 1.82) is 0 Å². The Kier molecular flexibility index (Phi) is 5.33. The molecule has 0 amide bonds. The Labute approximate surface area is 137 Å². The van der Waals surface area contributed by atoms with Crippen LogP contribution in [0.5, 0.6) is 5.75 Å². The number of methoxy groups -OCH3 is 1. The molecule has 0 aromatic heterocycles. The zero-order chi connectivity index (χ0) is 16.1. The van der Waals surface area contributed by atoms with E-state index in [1.54, 1.807) is 43.5 Å². The maximum Gasteiger partial charge on any atom is 0.338 e. The van der Waals surface area contributed by atoms with Crippen molar-refractivity contribution >= 4 is 27.7 Å². The Hall–Kier alpha value is -2.14. The molecule has 0 aliphatic carbocycles. The highest BCUT2D eigenvalue weighted by Gasteiger charge is 2.13. The number of carbonyl (C=O) groups is 2. The van der Waals surface area contributed by atoms with Crippen molar-refractivity contribution in [3.05, 3.63) is 63.6 Å². The summed E-state index contributed by atoms with van der Waals surface area (Å²) < 4.78 is 10.8.